The molecule has 2 aromatic carbocycles. The molecule has 0 spiro atoms. The first-order valence-electron chi connectivity index (χ1n) is 14.1. The molecule has 1 aliphatic heterocycles. The molecule has 0 radical (unpaired) electrons. The number of thiophene rings is 1. The summed E-state index contributed by atoms with van der Waals surface area (Å²) in [5.74, 6) is -1.15. The molecule has 7 nitrogen and oxygen atoms in total. The van der Waals surface area contributed by atoms with Crippen molar-refractivity contribution in [3.63, 3.8) is 0 Å². The maximum absolute atomic E-state index is 14.1. The van der Waals surface area contributed by atoms with Gasteiger partial charge >= 0.3 is 5.97 Å². The monoisotopic (exact) mass is 653 g/mol. The minimum absolute atomic E-state index is 0.0412. The van der Waals surface area contributed by atoms with Crippen molar-refractivity contribution in [1.29, 1.82) is 0 Å². The number of Topliss-reactive ketones (excluding diaryl/α,β-unsaturated/α-hetero) is 1. The lowest BCUT2D eigenvalue weighted by Gasteiger charge is -2.29. The Morgan fingerprint density at radius 3 is 2.50 bits per heavy atom. The summed E-state index contributed by atoms with van der Waals surface area (Å²) in [4.78, 5) is 42.1. The number of ether oxygens (including phenoxy) is 2. The molecular formula is C34H33Cl2NO6S. The molecule has 1 aliphatic rings. The van der Waals surface area contributed by atoms with E-state index in [9.17, 15) is 19.5 Å². The first-order chi connectivity index (χ1) is 21.1. The minimum Gasteiger partial charge on any atom is -0.477 e. The zero-order valence-corrected chi connectivity index (χ0v) is 26.6. The van der Waals surface area contributed by atoms with Gasteiger partial charge in [0.25, 0.3) is 5.91 Å². The van der Waals surface area contributed by atoms with Crippen molar-refractivity contribution in [3.8, 4) is 16.2 Å². The SMILES string of the molecule is C=CC=C(C=C)Oc1ccc(-c2cc(N(CC(=O)C3CCCOCCC3C)C(=O)c3ccc(Cl)cc3Cl)c(C(=O)O)s2)cc1. The second-order valence-electron chi connectivity index (χ2n) is 10.4. The zero-order valence-electron chi connectivity index (χ0n) is 24.3. The van der Waals surface area contributed by atoms with Crippen LogP contribution in [0.1, 0.15) is 46.2 Å². The van der Waals surface area contributed by atoms with Crippen molar-refractivity contribution in [2.75, 3.05) is 24.7 Å². The van der Waals surface area contributed by atoms with Crippen LogP contribution in [0.4, 0.5) is 5.69 Å². The molecule has 4 rings (SSSR count). The molecule has 230 valence electrons. The Bertz CT molecular complexity index is 1580. The van der Waals surface area contributed by atoms with E-state index in [-0.39, 0.29) is 45.3 Å². The van der Waals surface area contributed by atoms with Gasteiger partial charge in [0.15, 0.2) is 5.78 Å². The van der Waals surface area contributed by atoms with Gasteiger partial charge in [0.1, 0.15) is 16.4 Å². The van der Waals surface area contributed by atoms with Crippen LogP contribution in [-0.4, -0.2) is 42.5 Å². The number of carbonyl (C=O) groups excluding carboxylic acids is 2. The summed E-state index contributed by atoms with van der Waals surface area (Å²) in [7, 11) is 0. The number of ketones is 1. The lowest BCUT2D eigenvalue weighted by molar-refractivity contribution is -0.124. The van der Waals surface area contributed by atoms with Gasteiger partial charge in [0.2, 0.25) is 0 Å². The van der Waals surface area contributed by atoms with Gasteiger partial charge in [0, 0.05) is 29.0 Å². The van der Waals surface area contributed by atoms with E-state index in [4.69, 9.17) is 32.7 Å². The Kier molecular flexibility index (Phi) is 11.6. The van der Waals surface area contributed by atoms with Crippen LogP contribution in [0.2, 0.25) is 10.0 Å². The average molecular weight is 655 g/mol. The quantitative estimate of drug-likeness (QED) is 0.164. The summed E-state index contributed by atoms with van der Waals surface area (Å²) >= 11 is 13.5. The van der Waals surface area contributed by atoms with Crippen molar-refractivity contribution in [1.82, 2.24) is 0 Å². The number of hydrogen-bond acceptors (Lipinski definition) is 6. The predicted octanol–water partition coefficient (Wildman–Crippen LogP) is 8.72. The fourth-order valence-corrected chi connectivity index (χ4v) is 6.54. The molecule has 3 aromatic rings. The van der Waals surface area contributed by atoms with Crippen molar-refractivity contribution in [3.05, 3.63) is 106 Å². The van der Waals surface area contributed by atoms with Gasteiger partial charge in [-0.05, 0) is 91.4 Å². The highest BCUT2D eigenvalue weighted by atomic mass is 35.5. The van der Waals surface area contributed by atoms with Gasteiger partial charge in [-0.3, -0.25) is 14.5 Å². The number of nitrogens with zero attached hydrogens (tertiary/aromatic N) is 1. The van der Waals surface area contributed by atoms with Crippen molar-refractivity contribution in [2.24, 2.45) is 11.8 Å². The maximum Gasteiger partial charge on any atom is 0.348 e. The lowest BCUT2D eigenvalue weighted by Crippen LogP contribution is -2.40. The number of aromatic carboxylic acids is 1. The van der Waals surface area contributed by atoms with Gasteiger partial charge in [0.05, 0.1) is 22.8 Å². The number of benzene rings is 2. The minimum atomic E-state index is -1.22. The fourth-order valence-electron chi connectivity index (χ4n) is 5.05. The number of amides is 1. The van der Waals surface area contributed by atoms with Crippen LogP contribution in [0.3, 0.4) is 0 Å². The van der Waals surface area contributed by atoms with Gasteiger partial charge in [-0.1, -0.05) is 49.4 Å². The lowest BCUT2D eigenvalue weighted by atomic mass is 9.83. The number of allylic oxidation sites excluding steroid dienone is 3. The molecule has 0 saturated carbocycles. The van der Waals surface area contributed by atoms with E-state index >= 15 is 0 Å². The third-order valence-corrected chi connectivity index (χ3v) is 9.11. The Morgan fingerprint density at radius 1 is 1.09 bits per heavy atom. The summed E-state index contributed by atoms with van der Waals surface area (Å²) in [5, 5.41) is 10.7. The summed E-state index contributed by atoms with van der Waals surface area (Å²) in [6.45, 7) is 10.2. The number of halogens is 2. The van der Waals surface area contributed by atoms with Crippen LogP contribution in [0, 0.1) is 11.8 Å². The van der Waals surface area contributed by atoms with Gasteiger partial charge in [-0.25, -0.2) is 4.79 Å². The number of rotatable bonds is 11. The number of carboxylic acids is 1. The number of carbonyl (C=O) groups is 3. The Balaban J connectivity index is 1.74. The van der Waals surface area contributed by atoms with Crippen LogP contribution in [0.5, 0.6) is 5.75 Å². The summed E-state index contributed by atoms with van der Waals surface area (Å²) in [6, 6.07) is 13.1. The Morgan fingerprint density at radius 2 is 1.84 bits per heavy atom. The van der Waals surface area contributed by atoms with Crippen LogP contribution in [-0.2, 0) is 9.53 Å². The molecule has 44 heavy (non-hydrogen) atoms. The Hall–Kier alpha value is -3.69. The predicted molar refractivity (Wildman–Crippen MR) is 176 cm³/mol. The van der Waals surface area contributed by atoms with E-state index in [1.165, 1.54) is 23.1 Å². The van der Waals surface area contributed by atoms with E-state index in [0.29, 0.717) is 53.0 Å². The molecule has 2 atom stereocenters. The largest absolute Gasteiger partial charge is 0.477 e. The molecule has 1 saturated heterocycles. The van der Waals surface area contributed by atoms with Crippen LogP contribution >= 0.6 is 34.5 Å². The topological polar surface area (TPSA) is 93.1 Å². The van der Waals surface area contributed by atoms with Crippen molar-refractivity contribution < 1.29 is 29.0 Å². The van der Waals surface area contributed by atoms with Crippen molar-refractivity contribution >= 4 is 57.9 Å². The van der Waals surface area contributed by atoms with Crippen LogP contribution in [0.25, 0.3) is 10.4 Å². The summed E-state index contributed by atoms with van der Waals surface area (Å²) < 4.78 is 11.4. The van der Waals surface area contributed by atoms with Crippen LogP contribution in [0.15, 0.2) is 85.7 Å². The molecule has 2 heterocycles. The molecule has 1 N–H and O–H groups in total. The van der Waals surface area contributed by atoms with Gasteiger partial charge < -0.3 is 14.6 Å². The molecule has 1 fully saturated rings. The normalized spacial score (nSPS) is 17.2. The highest BCUT2D eigenvalue weighted by Crippen LogP contribution is 2.39. The van der Waals surface area contributed by atoms with E-state index in [0.717, 1.165) is 17.8 Å². The molecule has 1 amide bonds. The molecular weight excluding hydrogens is 621 g/mol. The summed E-state index contributed by atoms with van der Waals surface area (Å²) in [6.07, 6.45) is 6.88. The molecule has 0 aliphatic carbocycles. The van der Waals surface area contributed by atoms with Gasteiger partial charge in [-0.15, -0.1) is 11.3 Å². The zero-order chi connectivity index (χ0) is 31.8. The van der Waals surface area contributed by atoms with Crippen molar-refractivity contribution in [2.45, 2.75) is 26.2 Å². The molecule has 2 unspecified atom stereocenters. The first kappa shape index (κ1) is 33.2. The average Bonchev–Trinajstić information content (AvgIpc) is 3.43. The fraction of sp³-hybridized carbons (Fsp3) is 0.265. The third-order valence-electron chi connectivity index (χ3n) is 7.40. The number of hydrogen-bond donors (Lipinski definition) is 1. The van der Waals surface area contributed by atoms with E-state index < -0.39 is 11.9 Å². The van der Waals surface area contributed by atoms with Gasteiger partial charge in [-0.2, -0.15) is 0 Å². The number of carboxylic acid groups (broad SMARTS) is 1. The van der Waals surface area contributed by atoms with E-state index in [1.54, 1.807) is 48.6 Å². The number of anilines is 1. The standard InChI is InChI=1S/C34H33Cl2NO6S/c1-4-7-24(5-2)43-25-12-9-22(10-13-25)31-19-29(32(44-31)34(40)41)37(33(39)27-14-11-23(35)18-28(27)36)20-30(38)26-8-6-16-42-17-15-21(26)3/h4-5,7,9-14,18-19,21,26H,1-2,6,8,15-17,20H2,3H3,(H,40,41). The van der Waals surface area contributed by atoms with E-state index in [2.05, 4.69) is 13.2 Å². The second kappa shape index (κ2) is 15.3. The highest BCUT2D eigenvalue weighted by Gasteiger charge is 2.33. The second-order valence-corrected chi connectivity index (χ2v) is 12.3. The van der Waals surface area contributed by atoms with E-state index in [1.807, 2.05) is 6.92 Å². The molecule has 1 aromatic heterocycles. The molecule has 0 bridgehead atoms. The Labute approximate surface area is 271 Å². The first-order valence-corrected chi connectivity index (χ1v) is 15.7. The smallest absolute Gasteiger partial charge is 0.348 e. The van der Waals surface area contributed by atoms with Crippen LogP contribution < -0.4 is 9.64 Å². The highest BCUT2D eigenvalue weighted by molar-refractivity contribution is 7.18. The third kappa shape index (κ3) is 8.07. The summed E-state index contributed by atoms with van der Waals surface area (Å²) in [5.41, 5.74) is 0.937. The molecule has 10 heteroatoms. The maximum atomic E-state index is 14.1.